The van der Waals surface area contributed by atoms with Crippen molar-refractivity contribution in [3.8, 4) is 0 Å². The molecule has 0 unspecified atom stereocenters. The van der Waals surface area contributed by atoms with Crippen LogP contribution in [0.1, 0.15) is 68.1 Å². The van der Waals surface area contributed by atoms with E-state index in [4.69, 9.17) is 4.74 Å². The summed E-state index contributed by atoms with van der Waals surface area (Å²) in [5, 5.41) is 4.23. The fourth-order valence-electron chi connectivity index (χ4n) is 5.06. The number of carbonyl (C=O) groups excluding carboxylic acids is 3. The second kappa shape index (κ2) is 9.91. The van der Waals surface area contributed by atoms with E-state index in [1.807, 2.05) is 50.8 Å². The van der Waals surface area contributed by atoms with Crippen molar-refractivity contribution >= 4 is 28.8 Å². The lowest BCUT2D eigenvalue weighted by Gasteiger charge is -2.36. The Kier molecular flexibility index (Phi) is 7.10. The predicted octanol–water partition coefficient (Wildman–Crippen LogP) is 4.15. The van der Waals surface area contributed by atoms with Gasteiger partial charge in [0.05, 0.1) is 5.92 Å². The van der Waals surface area contributed by atoms with Crippen molar-refractivity contribution in [3.63, 3.8) is 0 Å². The summed E-state index contributed by atoms with van der Waals surface area (Å²) in [6.45, 7) is 11.8. The van der Waals surface area contributed by atoms with E-state index in [-0.39, 0.29) is 29.9 Å². The van der Waals surface area contributed by atoms with Crippen molar-refractivity contribution in [2.75, 3.05) is 26.2 Å². The molecule has 1 aromatic heterocycles. The minimum absolute atomic E-state index is 0.00197. The van der Waals surface area contributed by atoms with E-state index >= 15 is 0 Å². The van der Waals surface area contributed by atoms with Crippen LogP contribution in [0.25, 0.3) is 10.9 Å². The zero-order valence-electron chi connectivity index (χ0n) is 21.6. The number of piperidine rings is 2. The number of hydrogen-bond acceptors (Lipinski definition) is 4. The number of H-pyrrole nitrogens is 1. The van der Waals surface area contributed by atoms with Gasteiger partial charge >= 0.3 is 6.09 Å². The highest BCUT2D eigenvalue weighted by molar-refractivity contribution is 5.99. The Morgan fingerprint density at radius 3 is 2.49 bits per heavy atom. The van der Waals surface area contributed by atoms with E-state index in [9.17, 15) is 14.4 Å². The largest absolute Gasteiger partial charge is 0.444 e. The first kappa shape index (κ1) is 25.1. The lowest BCUT2D eigenvalue weighted by molar-refractivity contribution is -0.127. The number of aromatic amines is 1. The molecule has 1 aromatic carbocycles. The van der Waals surface area contributed by atoms with Gasteiger partial charge in [-0.3, -0.25) is 9.59 Å². The maximum absolute atomic E-state index is 13.3. The summed E-state index contributed by atoms with van der Waals surface area (Å²) >= 11 is 0. The maximum Gasteiger partial charge on any atom is 0.410 e. The molecule has 0 saturated carbocycles. The summed E-state index contributed by atoms with van der Waals surface area (Å²) in [4.78, 5) is 45.6. The number of amides is 3. The molecular formula is C27H38N4O4. The monoisotopic (exact) mass is 482 g/mol. The molecule has 0 aliphatic carbocycles. The molecule has 8 nitrogen and oxygen atoms in total. The van der Waals surface area contributed by atoms with E-state index in [0.717, 1.165) is 47.8 Å². The number of fused-ring (bicyclic) bond motifs is 1. The van der Waals surface area contributed by atoms with Crippen LogP contribution in [0.5, 0.6) is 0 Å². The van der Waals surface area contributed by atoms with Gasteiger partial charge in [-0.15, -0.1) is 0 Å². The van der Waals surface area contributed by atoms with Crippen molar-refractivity contribution in [1.82, 2.24) is 20.1 Å². The van der Waals surface area contributed by atoms with Gasteiger partial charge < -0.3 is 24.8 Å². The smallest absolute Gasteiger partial charge is 0.410 e. The van der Waals surface area contributed by atoms with Gasteiger partial charge in [0, 0.05) is 54.4 Å². The molecule has 8 heteroatoms. The minimum Gasteiger partial charge on any atom is -0.444 e. The number of rotatable bonds is 3. The number of likely N-dealkylation sites (tertiary alicyclic amines) is 2. The number of nitrogens with one attached hydrogen (secondary N) is 2. The van der Waals surface area contributed by atoms with E-state index in [0.29, 0.717) is 31.7 Å². The zero-order chi connectivity index (χ0) is 25.3. The zero-order valence-corrected chi connectivity index (χ0v) is 21.6. The molecule has 3 heterocycles. The SMILES string of the molecule is Cc1[nH]c2ccc(C(=O)N3CCC[C@@H](NC(=O)[C@@H]4CCCN(C(=O)OC(C)(C)C)C4)C3)cc2c1C. The van der Waals surface area contributed by atoms with Crippen molar-refractivity contribution in [3.05, 3.63) is 35.0 Å². The number of aryl methyl sites for hydroxylation is 2. The number of aromatic nitrogens is 1. The standard InChI is InChI=1S/C27H38N4O4/c1-17-18(2)28-23-11-10-19(14-22(17)23)25(33)30-12-7-9-21(16-30)29-24(32)20-8-6-13-31(15-20)26(34)35-27(3,4)5/h10-11,14,20-21,28H,6-9,12-13,15-16H2,1-5H3,(H,29,32)/t20-,21-/m1/s1. The van der Waals surface area contributed by atoms with Crippen LogP contribution in [-0.2, 0) is 9.53 Å². The fourth-order valence-corrected chi connectivity index (χ4v) is 5.06. The summed E-state index contributed by atoms with van der Waals surface area (Å²) in [5.74, 6) is -0.306. The highest BCUT2D eigenvalue weighted by atomic mass is 16.6. The van der Waals surface area contributed by atoms with Crippen LogP contribution in [-0.4, -0.2) is 70.5 Å². The second-order valence-electron chi connectivity index (χ2n) is 11.0. The first-order valence-electron chi connectivity index (χ1n) is 12.7. The Labute approximate surface area is 207 Å². The normalized spacial score (nSPS) is 21.2. The minimum atomic E-state index is -0.562. The van der Waals surface area contributed by atoms with Crippen LogP contribution < -0.4 is 5.32 Å². The van der Waals surface area contributed by atoms with E-state index < -0.39 is 5.60 Å². The van der Waals surface area contributed by atoms with Gasteiger partial charge in [0.1, 0.15) is 5.60 Å². The molecule has 0 radical (unpaired) electrons. The number of hydrogen-bond donors (Lipinski definition) is 2. The summed E-state index contributed by atoms with van der Waals surface area (Å²) in [6.07, 6.45) is 2.83. The first-order chi connectivity index (χ1) is 16.5. The lowest BCUT2D eigenvalue weighted by atomic mass is 9.96. The van der Waals surface area contributed by atoms with Crippen LogP contribution in [0.3, 0.4) is 0 Å². The summed E-state index contributed by atoms with van der Waals surface area (Å²) in [7, 11) is 0. The summed E-state index contributed by atoms with van der Waals surface area (Å²) in [5.41, 5.74) is 3.41. The van der Waals surface area contributed by atoms with Gasteiger partial charge in [0.2, 0.25) is 5.91 Å². The van der Waals surface area contributed by atoms with E-state index in [2.05, 4.69) is 17.2 Å². The lowest BCUT2D eigenvalue weighted by Crippen LogP contribution is -2.53. The van der Waals surface area contributed by atoms with Gasteiger partial charge in [-0.05, 0) is 84.1 Å². The molecule has 2 atom stereocenters. The Morgan fingerprint density at radius 1 is 1.03 bits per heavy atom. The quantitative estimate of drug-likeness (QED) is 0.687. The highest BCUT2D eigenvalue weighted by Gasteiger charge is 2.33. The Bertz CT molecular complexity index is 1120. The number of nitrogens with zero attached hydrogens (tertiary/aromatic N) is 2. The van der Waals surface area contributed by atoms with Gasteiger partial charge in [0.15, 0.2) is 0 Å². The van der Waals surface area contributed by atoms with Gasteiger partial charge in [-0.25, -0.2) is 4.79 Å². The molecule has 0 bridgehead atoms. The number of carbonyl (C=O) groups is 3. The third-order valence-electron chi connectivity index (χ3n) is 7.05. The van der Waals surface area contributed by atoms with Crippen molar-refractivity contribution in [2.45, 2.75) is 71.9 Å². The van der Waals surface area contributed by atoms with Crippen molar-refractivity contribution < 1.29 is 19.1 Å². The van der Waals surface area contributed by atoms with Crippen LogP contribution >= 0.6 is 0 Å². The molecule has 2 fully saturated rings. The molecule has 2 aliphatic heterocycles. The molecule has 0 spiro atoms. The third kappa shape index (κ3) is 5.80. The second-order valence-corrected chi connectivity index (χ2v) is 11.0. The van der Waals surface area contributed by atoms with E-state index in [1.54, 1.807) is 4.90 Å². The summed E-state index contributed by atoms with van der Waals surface area (Å²) < 4.78 is 5.48. The Hall–Kier alpha value is -3.03. The molecule has 190 valence electrons. The fraction of sp³-hybridized carbons (Fsp3) is 0.593. The predicted molar refractivity (Wildman–Crippen MR) is 135 cm³/mol. The van der Waals surface area contributed by atoms with Crippen molar-refractivity contribution in [2.24, 2.45) is 5.92 Å². The number of ether oxygens (including phenoxy) is 1. The van der Waals surface area contributed by atoms with Crippen LogP contribution in [0.15, 0.2) is 18.2 Å². The Morgan fingerprint density at radius 2 is 1.74 bits per heavy atom. The molecule has 2 saturated heterocycles. The van der Waals surface area contributed by atoms with Gasteiger partial charge in [0.25, 0.3) is 5.91 Å². The topological polar surface area (TPSA) is 94.7 Å². The molecular weight excluding hydrogens is 444 g/mol. The van der Waals surface area contributed by atoms with Gasteiger partial charge in [-0.2, -0.15) is 0 Å². The van der Waals surface area contributed by atoms with Crippen molar-refractivity contribution in [1.29, 1.82) is 0 Å². The molecule has 2 N–H and O–H groups in total. The van der Waals surface area contributed by atoms with Crippen LogP contribution in [0.4, 0.5) is 4.79 Å². The maximum atomic E-state index is 13.3. The summed E-state index contributed by atoms with van der Waals surface area (Å²) in [6, 6.07) is 5.71. The highest BCUT2D eigenvalue weighted by Crippen LogP contribution is 2.24. The third-order valence-corrected chi connectivity index (χ3v) is 7.05. The van der Waals surface area contributed by atoms with Crippen LogP contribution in [0.2, 0.25) is 0 Å². The van der Waals surface area contributed by atoms with Gasteiger partial charge in [-0.1, -0.05) is 0 Å². The molecule has 4 rings (SSSR count). The molecule has 3 amide bonds. The Balaban J connectivity index is 1.36. The average Bonchev–Trinajstić information content (AvgIpc) is 3.10. The molecule has 2 aromatic rings. The molecule has 35 heavy (non-hydrogen) atoms. The number of benzene rings is 1. The van der Waals surface area contributed by atoms with E-state index in [1.165, 1.54) is 0 Å². The first-order valence-corrected chi connectivity index (χ1v) is 12.7. The average molecular weight is 483 g/mol. The molecule has 2 aliphatic rings. The van der Waals surface area contributed by atoms with Crippen LogP contribution in [0, 0.1) is 19.8 Å².